The summed E-state index contributed by atoms with van der Waals surface area (Å²) in [6.45, 7) is 0.113. The van der Waals surface area contributed by atoms with Gasteiger partial charge in [-0.3, -0.25) is 4.79 Å². The van der Waals surface area contributed by atoms with E-state index in [-0.39, 0.29) is 17.7 Å². The zero-order chi connectivity index (χ0) is 14.7. The molecule has 2 rings (SSSR count). The minimum Gasteiger partial charge on any atom is -0.477 e. The number of ether oxygens (including phenoxy) is 1. The second-order valence-electron chi connectivity index (χ2n) is 4.13. The summed E-state index contributed by atoms with van der Waals surface area (Å²) in [5.74, 6) is -1.76. The smallest absolute Gasteiger partial charge is 0.341 e. The van der Waals surface area contributed by atoms with Crippen molar-refractivity contribution in [2.24, 2.45) is 0 Å². The molecule has 1 heterocycles. The van der Waals surface area contributed by atoms with Gasteiger partial charge in [-0.05, 0) is 17.7 Å². The fourth-order valence-corrected chi connectivity index (χ4v) is 1.91. The van der Waals surface area contributed by atoms with E-state index in [2.05, 4.69) is 4.98 Å². The number of pyridine rings is 1. The van der Waals surface area contributed by atoms with E-state index in [0.29, 0.717) is 11.3 Å². The monoisotopic (exact) mass is 277 g/mol. The first-order chi connectivity index (χ1) is 9.54. The number of aromatic carboxylic acids is 1. The number of rotatable bonds is 4. The number of carboxylic acid groups (broad SMARTS) is 1. The van der Waals surface area contributed by atoms with Gasteiger partial charge >= 0.3 is 5.97 Å². The van der Waals surface area contributed by atoms with E-state index in [1.54, 1.807) is 0 Å². The van der Waals surface area contributed by atoms with Crippen molar-refractivity contribution < 1.29 is 19.0 Å². The van der Waals surface area contributed by atoms with E-state index in [1.165, 1.54) is 31.4 Å². The Morgan fingerprint density at radius 1 is 1.35 bits per heavy atom. The summed E-state index contributed by atoms with van der Waals surface area (Å²) in [5.41, 5.74) is 0.0442. The zero-order valence-corrected chi connectivity index (χ0v) is 10.6. The number of aromatic nitrogens is 1. The Kier molecular flexibility index (Phi) is 3.95. The molecule has 0 saturated heterocycles. The minimum atomic E-state index is -1.32. The van der Waals surface area contributed by atoms with Gasteiger partial charge in [0.1, 0.15) is 11.4 Å². The van der Waals surface area contributed by atoms with Crippen molar-refractivity contribution in [3.63, 3.8) is 0 Å². The fraction of sp³-hybridized carbons (Fsp3) is 0.143. The molecule has 5 nitrogen and oxygen atoms in total. The number of benzene rings is 1. The Balaban J connectivity index is 2.69. The molecule has 104 valence electrons. The number of H-pyrrole nitrogens is 1. The lowest BCUT2D eigenvalue weighted by Gasteiger charge is -2.09. The van der Waals surface area contributed by atoms with Crippen LogP contribution in [0.4, 0.5) is 4.39 Å². The molecule has 6 heteroatoms. The van der Waals surface area contributed by atoms with Gasteiger partial charge in [0.2, 0.25) is 5.43 Å². The summed E-state index contributed by atoms with van der Waals surface area (Å²) in [6.07, 6.45) is 1.13. The Hall–Kier alpha value is -2.47. The van der Waals surface area contributed by atoms with Crippen LogP contribution in [-0.2, 0) is 11.3 Å². The van der Waals surface area contributed by atoms with Crippen LogP contribution in [-0.4, -0.2) is 23.2 Å². The summed E-state index contributed by atoms with van der Waals surface area (Å²) >= 11 is 0. The van der Waals surface area contributed by atoms with E-state index in [1.807, 2.05) is 0 Å². The molecule has 0 atom stereocenters. The van der Waals surface area contributed by atoms with Crippen molar-refractivity contribution in [3.8, 4) is 11.1 Å². The lowest BCUT2D eigenvalue weighted by Crippen LogP contribution is -2.19. The molecule has 0 amide bonds. The molecule has 1 aromatic carbocycles. The van der Waals surface area contributed by atoms with Crippen LogP contribution in [0.3, 0.4) is 0 Å². The Morgan fingerprint density at radius 2 is 2.00 bits per heavy atom. The van der Waals surface area contributed by atoms with Gasteiger partial charge in [-0.25, -0.2) is 9.18 Å². The molecule has 0 aliphatic heterocycles. The maximum Gasteiger partial charge on any atom is 0.341 e. The van der Waals surface area contributed by atoms with E-state index < -0.39 is 17.2 Å². The standard InChI is InChI=1S/C14H12FNO4/c1-20-7-11-12(8-2-4-9(15)5-3-8)13(17)10(6-16-11)14(18)19/h2-6H,7H2,1H3,(H,16,17)(H,18,19). The third-order valence-electron chi connectivity index (χ3n) is 2.82. The highest BCUT2D eigenvalue weighted by molar-refractivity contribution is 5.89. The Labute approximate surface area is 113 Å². The third kappa shape index (κ3) is 2.60. The molecule has 2 N–H and O–H groups in total. The number of hydrogen-bond acceptors (Lipinski definition) is 3. The highest BCUT2D eigenvalue weighted by atomic mass is 19.1. The van der Waals surface area contributed by atoms with Crippen molar-refractivity contribution in [1.29, 1.82) is 0 Å². The van der Waals surface area contributed by atoms with Crippen LogP contribution in [0, 0.1) is 5.82 Å². The molecule has 20 heavy (non-hydrogen) atoms. The van der Waals surface area contributed by atoms with Crippen LogP contribution in [0.5, 0.6) is 0 Å². The number of halogens is 1. The number of hydrogen-bond donors (Lipinski definition) is 2. The number of methoxy groups -OCH3 is 1. The molecule has 2 aromatic rings. The van der Waals surface area contributed by atoms with Crippen molar-refractivity contribution in [2.75, 3.05) is 7.11 Å². The van der Waals surface area contributed by atoms with E-state index >= 15 is 0 Å². The van der Waals surface area contributed by atoms with Crippen LogP contribution >= 0.6 is 0 Å². The predicted molar refractivity (Wildman–Crippen MR) is 70.1 cm³/mol. The highest BCUT2D eigenvalue weighted by Crippen LogP contribution is 2.20. The van der Waals surface area contributed by atoms with Gasteiger partial charge < -0.3 is 14.8 Å². The zero-order valence-electron chi connectivity index (χ0n) is 10.6. The molecule has 0 aliphatic carbocycles. The maximum absolute atomic E-state index is 13.0. The Bertz CT molecular complexity index is 691. The topological polar surface area (TPSA) is 79.4 Å². The molecule has 0 radical (unpaired) electrons. The SMILES string of the molecule is COCc1[nH]cc(C(=O)O)c(=O)c1-c1ccc(F)cc1. The highest BCUT2D eigenvalue weighted by Gasteiger charge is 2.17. The third-order valence-corrected chi connectivity index (χ3v) is 2.82. The van der Waals surface area contributed by atoms with E-state index in [0.717, 1.165) is 6.20 Å². The molecular weight excluding hydrogens is 265 g/mol. The molecule has 0 spiro atoms. The van der Waals surface area contributed by atoms with Crippen molar-refractivity contribution >= 4 is 5.97 Å². The van der Waals surface area contributed by atoms with Gasteiger partial charge in [-0.1, -0.05) is 12.1 Å². The normalized spacial score (nSPS) is 10.5. The van der Waals surface area contributed by atoms with E-state index in [9.17, 15) is 14.0 Å². The summed E-state index contributed by atoms with van der Waals surface area (Å²) in [6, 6.07) is 5.26. The molecule has 0 aliphatic rings. The molecule has 0 fully saturated rings. The van der Waals surface area contributed by atoms with Gasteiger partial charge in [0.05, 0.1) is 17.9 Å². The second kappa shape index (κ2) is 5.66. The fourth-order valence-electron chi connectivity index (χ4n) is 1.91. The first-order valence-corrected chi connectivity index (χ1v) is 5.77. The Morgan fingerprint density at radius 3 is 2.55 bits per heavy atom. The minimum absolute atomic E-state index is 0.113. The second-order valence-corrected chi connectivity index (χ2v) is 4.13. The van der Waals surface area contributed by atoms with Crippen LogP contribution < -0.4 is 5.43 Å². The van der Waals surface area contributed by atoms with Gasteiger partial charge in [0, 0.05) is 13.3 Å². The van der Waals surface area contributed by atoms with Crippen LogP contribution in [0.1, 0.15) is 16.1 Å². The number of carboxylic acids is 1. The van der Waals surface area contributed by atoms with Gasteiger partial charge in [-0.15, -0.1) is 0 Å². The van der Waals surface area contributed by atoms with Gasteiger partial charge in [0.15, 0.2) is 0 Å². The summed E-state index contributed by atoms with van der Waals surface area (Å²) in [5, 5.41) is 8.99. The van der Waals surface area contributed by atoms with Crippen molar-refractivity contribution in [1.82, 2.24) is 4.98 Å². The maximum atomic E-state index is 13.0. The van der Waals surface area contributed by atoms with E-state index in [4.69, 9.17) is 9.84 Å². The quantitative estimate of drug-likeness (QED) is 0.896. The van der Waals surface area contributed by atoms with Crippen LogP contribution in [0.2, 0.25) is 0 Å². The number of nitrogens with one attached hydrogen (secondary N) is 1. The summed E-state index contributed by atoms with van der Waals surface area (Å²) in [4.78, 5) is 26.0. The molecule has 0 saturated carbocycles. The average Bonchev–Trinajstić information content (AvgIpc) is 2.40. The van der Waals surface area contributed by atoms with Crippen molar-refractivity contribution in [3.05, 3.63) is 57.8 Å². The summed E-state index contributed by atoms with van der Waals surface area (Å²) in [7, 11) is 1.46. The first-order valence-electron chi connectivity index (χ1n) is 5.77. The van der Waals surface area contributed by atoms with Crippen LogP contribution in [0.15, 0.2) is 35.3 Å². The molecule has 1 aromatic heterocycles. The first kappa shape index (κ1) is 14.0. The lowest BCUT2D eigenvalue weighted by atomic mass is 10.0. The average molecular weight is 277 g/mol. The van der Waals surface area contributed by atoms with Crippen LogP contribution in [0.25, 0.3) is 11.1 Å². The lowest BCUT2D eigenvalue weighted by molar-refractivity contribution is 0.0695. The van der Waals surface area contributed by atoms with Gasteiger partial charge in [-0.2, -0.15) is 0 Å². The number of carbonyl (C=O) groups is 1. The predicted octanol–water partition coefficient (Wildman–Crippen LogP) is 2.03. The molecule has 0 bridgehead atoms. The summed E-state index contributed by atoms with van der Waals surface area (Å²) < 4.78 is 17.9. The largest absolute Gasteiger partial charge is 0.477 e. The molecule has 0 unspecified atom stereocenters. The number of aromatic amines is 1. The van der Waals surface area contributed by atoms with Gasteiger partial charge in [0.25, 0.3) is 0 Å². The van der Waals surface area contributed by atoms with Crippen molar-refractivity contribution in [2.45, 2.75) is 6.61 Å². The molecular formula is C14H12FNO4.